The van der Waals surface area contributed by atoms with Crippen molar-refractivity contribution in [3.05, 3.63) is 35.9 Å². The average molecular weight is 234 g/mol. The van der Waals surface area contributed by atoms with Gasteiger partial charge >= 0.3 is 0 Å². The standard InChI is InChI=1S/C15H23NO/c1-17-15-10-6-5-9-14(15)16-12-11-13-7-3-2-4-8-13/h2-4,7-8,14-16H,5-6,9-12H2,1H3/p+1/t14-,15-/m1/s1. The average Bonchev–Trinajstić information content (AvgIpc) is 2.40. The van der Waals surface area contributed by atoms with E-state index in [1.165, 1.54) is 37.8 Å². The molecule has 2 N–H and O–H groups in total. The van der Waals surface area contributed by atoms with Gasteiger partial charge in [-0.1, -0.05) is 36.8 Å². The molecule has 2 rings (SSSR count). The Morgan fingerprint density at radius 2 is 1.94 bits per heavy atom. The van der Waals surface area contributed by atoms with Crippen molar-refractivity contribution < 1.29 is 10.1 Å². The van der Waals surface area contributed by atoms with E-state index in [0.717, 1.165) is 6.42 Å². The van der Waals surface area contributed by atoms with Gasteiger partial charge in [0.15, 0.2) is 0 Å². The van der Waals surface area contributed by atoms with E-state index in [0.29, 0.717) is 12.1 Å². The van der Waals surface area contributed by atoms with Gasteiger partial charge in [0.05, 0.1) is 6.54 Å². The van der Waals surface area contributed by atoms with E-state index in [4.69, 9.17) is 4.74 Å². The molecule has 2 atom stereocenters. The zero-order valence-electron chi connectivity index (χ0n) is 10.8. The topological polar surface area (TPSA) is 25.8 Å². The molecular weight excluding hydrogens is 210 g/mol. The van der Waals surface area contributed by atoms with Crippen LogP contribution in [0.2, 0.25) is 0 Å². The molecule has 1 aliphatic rings. The fourth-order valence-corrected chi connectivity index (χ4v) is 2.80. The van der Waals surface area contributed by atoms with Crippen LogP contribution in [0.5, 0.6) is 0 Å². The van der Waals surface area contributed by atoms with Gasteiger partial charge < -0.3 is 10.1 Å². The number of ether oxygens (including phenoxy) is 1. The fourth-order valence-electron chi connectivity index (χ4n) is 2.80. The Labute approximate surface area is 104 Å². The van der Waals surface area contributed by atoms with Crippen LogP contribution in [0.15, 0.2) is 30.3 Å². The van der Waals surface area contributed by atoms with E-state index in [2.05, 4.69) is 35.6 Å². The minimum Gasteiger partial charge on any atom is -0.375 e. The summed E-state index contributed by atoms with van der Waals surface area (Å²) >= 11 is 0. The molecule has 17 heavy (non-hydrogen) atoms. The van der Waals surface area contributed by atoms with E-state index < -0.39 is 0 Å². The Kier molecular flexibility index (Phi) is 5.02. The lowest BCUT2D eigenvalue weighted by Gasteiger charge is -2.28. The molecule has 0 heterocycles. The van der Waals surface area contributed by atoms with Crippen LogP contribution in [-0.4, -0.2) is 25.8 Å². The minimum absolute atomic E-state index is 0.472. The highest BCUT2D eigenvalue weighted by atomic mass is 16.5. The molecule has 2 nitrogen and oxygen atoms in total. The molecule has 1 saturated carbocycles. The van der Waals surface area contributed by atoms with Gasteiger partial charge in [-0.05, 0) is 18.4 Å². The predicted molar refractivity (Wildman–Crippen MR) is 70.0 cm³/mol. The Morgan fingerprint density at radius 3 is 2.71 bits per heavy atom. The number of benzene rings is 1. The summed E-state index contributed by atoms with van der Waals surface area (Å²) in [7, 11) is 1.86. The van der Waals surface area contributed by atoms with Gasteiger partial charge in [-0.3, -0.25) is 0 Å². The van der Waals surface area contributed by atoms with Gasteiger partial charge in [-0.25, -0.2) is 0 Å². The Hall–Kier alpha value is -0.860. The maximum absolute atomic E-state index is 5.58. The zero-order chi connectivity index (χ0) is 11.9. The summed E-state index contributed by atoms with van der Waals surface area (Å²) in [6.07, 6.45) is 6.89. The van der Waals surface area contributed by atoms with E-state index in [1.807, 2.05) is 7.11 Å². The van der Waals surface area contributed by atoms with Gasteiger partial charge in [0.25, 0.3) is 0 Å². The second-order valence-electron chi connectivity index (χ2n) is 4.98. The number of methoxy groups -OCH3 is 1. The first kappa shape index (κ1) is 12.6. The largest absolute Gasteiger partial charge is 0.375 e. The smallest absolute Gasteiger partial charge is 0.112 e. The molecule has 2 heteroatoms. The minimum atomic E-state index is 0.472. The monoisotopic (exact) mass is 234 g/mol. The maximum atomic E-state index is 5.58. The maximum Gasteiger partial charge on any atom is 0.112 e. The first-order chi connectivity index (χ1) is 8.40. The van der Waals surface area contributed by atoms with Crippen molar-refractivity contribution in [1.29, 1.82) is 0 Å². The summed E-state index contributed by atoms with van der Waals surface area (Å²) in [6, 6.07) is 11.4. The van der Waals surface area contributed by atoms with Crippen LogP contribution in [-0.2, 0) is 11.2 Å². The summed E-state index contributed by atoms with van der Waals surface area (Å²) in [5.74, 6) is 0. The van der Waals surface area contributed by atoms with Crippen molar-refractivity contribution in [3.63, 3.8) is 0 Å². The number of nitrogens with two attached hydrogens (primary N) is 1. The lowest BCUT2D eigenvalue weighted by molar-refractivity contribution is -0.698. The third-order valence-corrected chi connectivity index (χ3v) is 3.80. The third kappa shape index (κ3) is 3.83. The number of quaternary nitrogens is 1. The van der Waals surface area contributed by atoms with Gasteiger partial charge in [0.2, 0.25) is 0 Å². The molecule has 0 saturated heterocycles. The molecule has 0 aliphatic heterocycles. The molecule has 94 valence electrons. The Bertz CT molecular complexity index is 312. The third-order valence-electron chi connectivity index (χ3n) is 3.80. The van der Waals surface area contributed by atoms with Crippen LogP contribution >= 0.6 is 0 Å². The number of rotatable bonds is 5. The number of hydrogen-bond donors (Lipinski definition) is 1. The fraction of sp³-hybridized carbons (Fsp3) is 0.600. The molecule has 1 aromatic rings. The van der Waals surface area contributed by atoms with Gasteiger partial charge in [0.1, 0.15) is 12.1 Å². The van der Waals surface area contributed by atoms with E-state index >= 15 is 0 Å². The highest BCUT2D eigenvalue weighted by molar-refractivity contribution is 5.14. The van der Waals surface area contributed by atoms with Crippen molar-refractivity contribution >= 4 is 0 Å². The Balaban J connectivity index is 1.74. The second kappa shape index (κ2) is 6.77. The van der Waals surface area contributed by atoms with Crippen LogP contribution in [0.3, 0.4) is 0 Å². The molecule has 1 aromatic carbocycles. The van der Waals surface area contributed by atoms with Crippen LogP contribution in [0, 0.1) is 0 Å². The number of hydrogen-bond acceptors (Lipinski definition) is 1. The molecule has 0 bridgehead atoms. The summed E-state index contributed by atoms with van der Waals surface area (Å²) in [4.78, 5) is 0. The van der Waals surface area contributed by atoms with E-state index in [9.17, 15) is 0 Å². The molecule has 0 unspecified atom stereocenters. The summed E-state index contributed by atoms with van der Waals surface area (Å²) in [5.41, 5.74) is 1.44. The first-order valence-electron chi connectivity index (χ1n) is 6.80. The first-order valence-corrected chi connectivity index (χ1v) is 6.80. The van der Waals surface area contributed by atoms with Crippen molar-refractivity contribution in [3.8, 4) is 0 Å². The van der Waals surface area contributed by atoms with Crippen LogP contribution in [0.4, 0.5) is 0 Å². The SMILES string of the molecule is CO[C@@H]1CCCC[C@H]1[NH2+]CCc1ccccc1. The van der Waals surface area contributed by atoms with E-state index in [1.54, 1.807) is 0 Å². The highest BCUT2D eigenvalue weighted by Gasteiger charge is 2.27. The predicted octanol–water partition coefficient (Wildman–Crippen LogP) is 1.75. The second-order valence-corrected chi connectivity index (χ2v) is 4.98. The molecule has 0 amide bonds. The summed E-state index contributed by atoms with van der Waals surface area (Å²) < 4.78 is 5.58. The molecule has 1 aliphatic carbocycles. The van der Waals surface area contributed by atoms with Crippen LogP contribution in [0.25, 0.3) is 0 Å². The van der Waals surface area contributed by atoms with Crippen LogP contribution < -0.4 is 5.32 Å². The molecule has 1 fully saturated rings. The quantitative estimate of drug-likeness (QED) is 0.825. The molecular formula is C15H24NO+. The zero-order valence-corrected chi connectivity index (χ0v) is 10.8. The lowest BCUT2D eigenvalue weighted by Crippen LogP contribution is -2.93. The van der Waals surface area contributed by atoms with Crippen molar-refractivity contribution in [2.24, 2.45) is 0 Å². The van der Waals surface area contributed by atoms with Gasteiger partial charge in [0, 0.05) is 20.0 Å². The summed E-state index contributed by atoms with van der Waals surface area (Å²) in [6.45, 7) is 1.18. The normalized spacial score (nSPS) is 24.8. The Morgan fingerprint density at radius 1 is 1.18 bits per heavy atom. The summed E-state index contributed by atoms with van der Waals surface area (Å²) in [5, 5.41) is 2.49. The highest BCUT2D eigenvalue weighted by Crippen LogP contribution is 2.18. The van der Waals surface area contributed by atoms with Gasteiger partial charge in [-0.15, -0.1) is 0 Å². The molecule has 0 spiro atoms. The molecule has 0 radical (unpaired) electrons. The van der Waals surface area contributed by atoms with Crippen molar-refractivity contribution in [2.75, 3.05) is 13.7 Å². The van der Waals surface area contributed by atoms with Crippen molar-refractivity contribution in [2.45, 2.75) is 44.2 Å². The van der Waals surface area contributed by atoms with Gasteiger partial charge in [-0.2, -0.15) is 0 Å². The molecule has 0 aromatic heterocycles. The van der Waals surface area contributed by atoms with E-state index in [-0.39, 0.29) is 0 Å². The van der Waals surface area contributed by atoms with Crippen LogP contribution in [0.1, 0.15) is 31.2 Å². The lowest BCUT2D eigenvalue weighted by atomic mass is 9.92. The van der Waals surface area contributed by atoms with Crippen molar-refractivity contribution in [1.82, 2.24) is 0 Å².